The molecule has 0 saturated heterocycles. The Morgan fingerprint density at radius 1 is 1.00 bits per heavy atom. The summed E-state index contributed by atoms with van der Waals surface area (Å²) in [6, 6.07) is 12.8. The van der Waals surface area contributed by atoms with Gasteiger partial charge in [0, 0.05) is 5.56 Å². The molecule has 0 fully saturated rings. The van der Waals surface area contributed by atoms with E-state index in [0.29, 0.717) is 11.3 Å². The number of Topliss-reactive ketones (excluding diaryl/α,β-unsaturated/α-hetero) is 1. The summed E-state index contributed by atoms with van der Waals surface area (Å²) < 4.78 is 4.94. The second-order valence-electron chi connectivity index (χ2n) is 4.49. The topological polar surface area (TPSA) is 83.8 Å². The zero-order chi connectivity index (χ0) is 16.1. The van der Waals surface area contributed by atoms with Crippen molar-refractivity contribution in [2.45, 2.75) is 0 Å². The summed E-state index contributed by atoms with van der Waals surface area (Å²) in [6.45, 7) is 0. The zero-order valence-corrected chi connectivity index (χ0v) is 11.8. The van der Waals surface area contributed by atoms with Crippen molar-refractivity contribution < 1.29 is 24.5 Å². The lowest BCUT2D eigenvalue weighted by Crippen LogP contribution is -2.11. The third-order valence-corrected chi connectivity index (χ3v) is 3.04. The van der Waals surface area contributed by atoms with E-state index in [1.165, 1.54) is 31.4 Å². The number of carbonyl (C=O) groups is 2. The fraction of sp³-hybridized carbons (Fsp3) is 0.0588. The van der Waals surface area contributed by atoms with Crippen LogP contribution in [-0.2, 0) is 0 Å². The monoisotopic (exact) mass is 298 g/mol. The Morgan fingerprint density at radius 3 is 2.27 bits per heavy atom. The van der Waals surface area contributed by atoms with Crippen molar-refractivity contribution in [3.63, 3.8) is 0 Å². The first-order chi connectivity index (χ1) is 10.5. The number of carboxylic acids is 1. The molecule has 0 unspecified atom stereocenters. The number of allylic oxidation sites excluding steroid dienone is 1. The molecule has 2 aromatic carbocycles. The SMILES string of the molecule is COc1ccc(C(=O)C(O)=Cc2ccccc2)c(C(=O)O)c1. The van der Waals surface area contributed by atoms with Gasteiger partial charge in [0.05, 0.1) is 12.7 Å². The zero-order valence-electron chi connectivity index (χ0n) is 11.8. The molecule has 0 spiro atoms. The molecule has 0 radical (unpaired) electrons. The van der Waals surface area contributed by atoms with Gasteiger partial charge in [-0.25, -0.2) is 4.79 Å². The van der Waals surface area contributed by atoms with Crippen molar-refractivity contribution in [2.75, 3.05) is 7.11 Å². The lowest BCUT2D eigenvalue weighted by atomic mass is 10.0. The quantitative estimate of drug-likeness (QED) is 0.503. The van der Waals surface area contributed by atoms with Crippen LogP contribution in [0.4, 0.5) is 0 Å². The number of rotatable bonds is 5. The van der Waals surface area contributed by atoms with Gasteiger partial charge in [-0.05, 0) is 29.8 Å². The summed E-state index contributed by atoms with van der Waals surface area (Å²) in [5.74, 6) is -2.24. The minimum atomic E-state index is -1.27. The molecule has 2 aromatic rings. The number of aliphatic hydroxyl groups excluding tert-OH is 1. The van der Waals surface area contributed by atoms with E-state index in [0.717, 1.165) is 0 Å². The van der Waals surface area contributed by atoms with E-state index in [2.05, 4.69) is 0 Å². The Morgan fingerprint density at radius 2 is 1.68 bits per heavy atom. The minimum Gasteiger partial charge on any atom is -0.504 e. The van der Waals surface area contributed by atoms with Gasteiger partial charge in [0.1, 0.15) is 5.75 Å². The molecule has 5 nitrogen and oxygen atoms in total. The normalized spacial score (nSPS) is 11.0. The van der Waals surface area contributed by atoms with Crippen molar-refractivity contribution in [2.24, 2.45) is 0 Å². The standard InChI is InChI=1S/C17H14O5/c1-22-12-7-8-13(14(10-12)17(20)21)16(19)15(18)9-11-5-3-2-4-6-11/h2-10,18H,1H3,(H,20,21). The van der Waals surface area contributed by atoms with Gasteiger partial charge in [-0.3, -0.25) is 4.79 Å². The van der Waals surface area contributed by atoms with Gasteiger partial charge < -0.3 is 14.9 Å². The Bertz CT molecular complexity index is 732. The van der Waals surface area contributed by atoms with Crippen LogP contribution >= 0.6 is 0 Å². The largest absolute Gasteiger partial charge is 0.504 e. The first-order valence-corrected chi connectivity index (χ1v) is 6.44. The molecule has 0 aliphatic carbocycles. The summed E-state index contributed by atoms with van der Waals surface area (Å²) in [5, 5.41) is 19.1. The average Bonchev–Trinajstić information content (AvgIpc) is 2.54. The molecule has 0 aromatic heterocycles. The lowest BCUT2D eigenvalue weighted by molar-refractivity contribution is 0.0691. The van der Waals surface area contributed by atoms with E-state index >= 15 is 0 Å². The van der Waals surface area contributed by atoms with Gasteiger partial charge >= 0.3 is 5.97 Å². The molecule has 5 heteroatoms. The fourth-order valence-corrected chi connectivity index (χ4v) is 1.94. The molecule has 2 rings (SSSR count). The average molecular weight is 298 g/mol. The van der Waals surface area contributed by atoms with Crippen LogP contribution in [-0.4, -0.2) is 29.1 Å². The highest BCUT2D eigenvalue weighted by Gasteiger charge is 2.20. The van der Waals surface area contributed by atoms with Gasteiger partial charge in [-0.2, -0.15) is 0 Å². The van der Waals surface area contributed by atoms with Gasteiger partial charge in [0.2, 0.25) is 5.78 Å². The molecule has 0 aliphatic rings. The van der Waals surface area contributed by atoms with Crippen LogP contribution in [0.1, 0.15) is 26.3 Å². The van der Waals surface area contributed by atoms with Crippen LogP contribution in [0.2, 0.25) is 0 Å². The molecule has 0 aliphatic heterocycles. The van der Waals surface area contributed by atoms with Gasteiger partial charge in [-0.1, -0.05) is 30.3 Å². The van der Waals surface area contributed by atoms with Crippen molar-refractivity contribution in [3.8, 4) is 5.75 Å². The first kappa shape index (κ1) is 15.3. The van der Waals surface area contributed by atoms with E-state index in [4.69, 9.17) is 4.74 Å². The maximum absolute atomic E-state index is 12.3. The van der Waals surface area contributed by atoms with Crippen LogP contribution in [0.15, 0.2) is 54.3 Å². The Labute approximate surface area is 127 Å². The fourth-order valence-electron chi connectivity index (χ4n) is 1.94. The maximum atomic E-state index is 12.3. The second kappa shape index (κ2) is 6.58. The summed E-state index contributed by atoms with van der Waals surface area (Å²) in [4.78, 5) is 23.5. The molecule has 22 heavy (non-hydrogen) atoms. The first-order valence-electron chi connectivity index (χ1n) is 6.44. The Kier molecular flexibility index (Phi) is 4.58. The molecule has 2 N–H and O–H groups in total. The smallest absolute Gasteiger partial charge is 0.336 e. The van der Waals surface area contributed by atoms with E-state index < -0.39 is 17.5 Å². The van der Waals surface area contributed by atoms with Crippen LogP contribution in [0.3, 0.4) is 0 Å². The van der Waals surface area contributed by atoms with E-state index in [1.54, 1.807) is 24.3 Å². The third-order valence-electron chi connectivity index (χ3n) is 3.04. The molecular weight excluding hydrogens is 284 g/mol. The number of ether oxygens (including phenoxy) is 1. The van der Waals surface area contributed by atoms with Gasteiger partial charge in [0.15, 0.2) is 5.76 Å². The number of hydrogen-bond donors (Lipinski definition) is 2. The Hall–Kier alpha value is -3.08. The summed E-state index contributed by atoms with van der Waals surface area (Å²) in [5.41, 5.74) is 0.314. The van der Waals surface area contributed by atoms with Crippen molar-refractivity contribution in [1.29, 1.82) is 0 Å². The van der Waals surface area contributed by atoms with Crippen molar-refractivity contribution in [3.05, 3.63) is 71.0 Å². The molecule has 112 valence electrons. The summed E-state index contributed by atoms with van der Waals surface area (Å²) in [7, 11) is 1.40. The van der Waals surface area contributed by atoms with Gasteiger partial charge in [-0.15, -0.1) is 0 Å². The van der Waals surface area contributed by atoms with E-state index in [-0.39, 0.29) is 11.1 Å². The molecular formula is C17H14O5. The number of methoxy groups -OCH3 is 1. The molecule has 0 saturated carbocycles. The van der Waals surface area contributed by atoms with Gasteiger partial charge in [0.25, 0.3) is 0 Å². The van der Waals surface area contributed by atoms with Crippen molar-refractivity contribution in [1.82, 2.24) is 0 Å². The minimum absolute atomic E-state index is 0.0991. The number of hydrogen-bond acceptors (Lipinski definition) is 4. The number of carboxylic acid groups (broad SMARTS) is 1. The Balaban J connectivity index is 2.41. The van der Waals surface area contributed by atoms with E-state index in [9.17, 15) is 19.8 Å². The van der Waals surface area contributed by atoms with E-state index in [1.807, 2.05) is 6.07 Å². The highest BCUT2D eigenvalue weighted by atomic mass is 16.5. The van der Waals surface area contributed by atoms with Crippen LogP contribution in [0.25, 0.3) is 6.08 Å². The molecule has 0 atom stereocenters. The molecule has 0 heterocycles. The number of carbonyl (C=O) groups excluding carboxylic acids is 1. The summed E-state index contributed by atoms with van der Waals surface area (Å²) >= 11 is 0. The van der Waals surface area contributed by atoms with Crippen molar-refractivity contribution >= 4 is 17.8 Å². The molecule has 0 bridgehead atoms. The number of ketones is 1. The van der Waals surface area contributed by atoms with Crippen LogP contribution < -0.4 is 4.74 Å². The number of aromatic carboxylic acids is 1. The number of aliphatic hydroxyl groups is 1. The van der Waals surface area contributed by atoms with Crippen LogP contribution in [0.5, 0.6) is 5.75 Å². The third kappa shape index (κ3) is 3.32. The predicted molar refractivity (Wildman–Crippen MR) is 81.3 cm³/mol. The second-order valence-corrected chi connectivity index (χ2v) is 4.49. The van der Waals surface area contributed by atoms with Crippen LogP contribution in [0, 0.1) is 0 Å². The molecule has 0 amide bonds. The summed E-state index contributed by atoms with van der Waals surface area (Å²) in [6.07, 6.45) is 1.29. The maximum Gasteiger partial charge on any atom is 0.336 e. The number of benzene rings is 2. The predicted octanol–water partition coefficient (Wildman–Crippen LogP) is 3.18. The lowest BCUT2D eigenvalue weighted by Gasteiger charge is -2.07. The highest BCUT2D eigenvalue weighted by molar-refractivity contribution is 6.14. The highest BCUT2D eigenvalue weighted by Crippen LogP contribution is 2.21.